The van der Waals surface area contributed by atoms with Crippen LogP contribution in [-0.2, 0) is 13.6 Å². The molecule has 5 nitrogen and oxygen atoms in total. The summed E-state index contributed by atoms with van der Waals surface area (Å²) in [5.74, 6) is 0. The predicted octanol–water partition coefficient (Wildman–Crippen LogP) is 2.16. The molecule has 0 heterocycles. The van der Waals surface area contributed by atoms with E-state index in [1.165, 1.54) is 0 Å². The zero-order valence-electron chi connectivity index (χ0n) is 5.25. The van der Waals surface area contributed by atoms with Crippen LogP contribution >= 0.6 is 7.75 Å². The van der Waals surface area contributed by atoms with Crippen LogP contribution in [0.25, 0.3) is 11.7 Å². The summed E-state index contributed by atoms with van der Waals surface area (Å²) in [5, 5.41) is 0. The molecule has 54 valence electrons. The Morgan fingerprint density at radius 1 is 1.33 bits per heavy atom. The Bertz CT molecular complexity index is 91.8. The maximum absolute atomic E-state index is 10.2. The Morgan fingerprint density at radius 3 is 1.56 bits per heavy atom. The maximum Gasteiger partial charge on any atom is 2.00 e. The van der Waals surface area contributed by atoms with E-state index in [9.17, 15) is 4.57 Å². The van der Waals surface area contributed by atoms with Gasteiger partial charge in [-0.1, -0.05) is 0 Å². The molecule has 0 radical (unpaired) electrons. The van der Waals surface area contributed by atoms with Crippen molar-refractivity contribution in [1.29, 1.82) is 0 Å². The van der Waals surface area contributed by atoms with Gasteiger partial charge in [0.25, 0.3) is 0 Å². The van der Waals surface area contributed by atoms with Gasteiger partial charge in [0.2, 0.25) is 7.75 Å². The molecule has 0 unspecified atom stereocenters. The van der Waals surface area contributed by atoms with E-state index in [0.29, 0.717) is 0 Å². The molecule has 0 saturated heterocycles. The molecule has 0 aromatic carbocycles. The van der Waals surface area contributed by atoms with E-state index < -0.39 is 7.75 Å². The number of nitrogens with one attached hydrogen (secondary N) is 1. The van der Waals surface area contributed by atoms with Gasteiger partial charge in [-0.05, 0) is 0 Å². The summed E-state index contributed by atoms with van der Waals surface area (Å²) in [7, 11) is -1.08. The van der Waals surface area contributed by atoms with Crippen molar-refractivity contribution < 1.29 is 44.7 Å². The molecule has 0 spiro atoms. The van der Waals surface area contributed by atoms with Crippen molar-refractivity contribution in [2.75, 3.05) is 14.2 Å². The van der Waals surface area contributed by atoms with Crippen LogP contribution in [0.4, 0.5) is 0 Å². The first-order valence-corrected chi connectivity index (χ1v) is 3.13. The van der Waals surface area contributed by atoms with Crippen LogP contribution in [0.1, 0.15) is 0 Å². The second kappa shape index (κ2) is 7.23. The molecule has 7 heteroatoms. The van der Waals surface area contributed by atoms with E-state index in [2.05, 4.69) is 9.05 Å². The number of hydrogen-bond donors (Lipinski definition) is 0. The van der Waals surface area contributed by atoms with E-state index in [4.69, 9.17) is 5.50 Å². The van der Waals surface area contributed by atoms with E-state index in [1.807, 2.05) is 0 Å². The Labute approximate surface area is 78.2 Å². The van der Waals surface area contributed by atoms with Gasteiger partial charge < -0.3 is 20.7 Å². The summed E-state index contributed by atoms with van der Waals surface area (Å²) in [4.78, 5) is 0. The molecule has 0 aliphatic heterocycles. The summed E-state index contributed by atoms with van der Waals surface area (Å²) in [6, 6.07) is 0. The van der Waals surface area contributed by atoms with Crippen LogP contribution in [0.3, 0.4) is 0 Å². The fourth-order valence-corrected chi connectivity index (χ4v) is 0.224. The van der Waals surface area contributed by atoms with Crippen LogP contribution in [0.2, 0.25) is 0 Å². The molecule has 0 aliphatic carbocycles. The van der Waals surface area contributed by atoms with Crippen molar-refractivity contribution in [2.24, 2.45) is 0 Å². The summed E-state index contributed by atoms with van der Waals surface area (Å²) in [6.07, 6.45) is 0. The van der Waals surface area contributed by atoms with Gasteiger partial charge in [0, 0.05) is 14.2 Å². The third-order valence-corrected chi connectivity index (χ3v) is 1.44. The molecule has 0 aliphatic rings. The largest absolute Gasteiger partial charge is 2.00 e. The summed E-state index contributed by atoms with van der Waals surface area (Å²) in [6.45, 7) is 0. The molecule has 0 atom stereocenters. The zero-order valence-corrected chi connectivity index (χ0v) is 10.3. The van der Waals surface area contributed by atoms with E-state index in [-0.39, 0.29) is 37.3 Å². The standard InChI is InChI=1S/C2H7NO3P.H2N.U/c1-5-7(3,4)6-2;;/h1-2H3,(H-,3,4);1H2;/q2*-1;+2. The monoisotopic (exact) mass is 378 g/mol. The Hall–Kier alpha value is 1.12. The molecule has 0 fully saturated rings. The molecule has 0 saturated carbocycles. The van der Waals surface area contributed by atoms with E-state index in [0.717, 1.165) is 14.2 Å². The van der Waals surface area contributed by atoms with Gasteiger partial charge >= 0.3 is 31.1 Å². The summed E-state index contributed by atoms with van der Waals surface area (Å²) < 4.78 is 18.3. The van der Waals surface area contributed by atoms with Crippen LogP contribution < -0.4 is 0 Å². The molecular formula is C2H9N2O3PU. The first-order valence-electron chi connectivity index (χ1n) is 1.59. The van der Waals surface area contributed by atoms with E-state index >= 15 is 0 Å². The molecular weight excluding hydrogens is 369 g/mol. The SMILES string of the molecule is COP([NH-])(=O)OC.[NH2-].[U+2]. The molecule has 0 aromatic rings. The Balaban J connectivity index is -0.000000180. The second-order valence-electron chi connectivity index (χ2n) is 0.863. The quantitative estimate of drug-likeness (QED) is 0.690. The van der Waals surface area contributed by atoms with Gasteiger partial charge in [0.15, 0.2) is 0 Å². The van der Waals surface area contributed by atoms with Crippen molar-refractivity contribution >= 4 is 7.75 Å². The van der Waals surface area contributed by atoms with Gasteiger partial charge in [0.05, 0.1) is 0 Å². The third-order valence-electron chi connectivity index (χ3n) is 0.481. The second-order valence-corrected chi connectivity index (χ2v) is 2.59. The fraction of sp³-hybridized carbons (Fsp3) is 1.00. The maximum atomic E-state index is 10.2. The summed E-state index contributed by atoms with van der Waals surface area (Å²) in [5.41, 5.74) is 6.53. The van der Waals surface area contributed by atoms with Gasteiger partial charge in [-0.2, -0.15) is 0 Å². The van der Waals surface area contributed by atoms with Crippen LogP contribution in [0.5, 0.6) is 0 Å². The van der Waals surface area contributed by atoms with Crippen molar-refractivity contribution in [2.45, 2.75) is 0 Å². The fourth-order valence-electron chi connectivity index (χ4n) is 0.0745. The predicted molar refractivity (Wildman–Crippen MR) is 31.2 cm³/mol. The van der Waals surface area contributed by atoms with Gasteiger partial charge in [-0.25, -0.2) is 0 Å². The van der Waals surface area contributed by atoms with Crippen LogP contribution in [-0.4, -0.2) is 14.2 Å². The zero-order chi connectivity index (χ0) is 5.91. The van der Waals surface area contributed by atoms with E-state index in [1.54, 1.807) is 0 Å². The number of nitrogens with two attached hydrogens (primary N) is 1. The molecule has 3 N–H and O–H groups in total. The molecule has 0 bridgehead atoms. The van der Waals surface area contributed by atoms with Gasteiger partial charge in [-0.15, -0.1) is 0 Å². The minimum absolute atomic E-state index is 0. The van der Waals surface area contributed by atoms with Gasteiger partial charge in [-0.3, -0.25) is 4.57 Å². The van der Waals surface area contributed by atoms with Crippen LogP contribution in [0, 0.1) is 31.1 Å². The molecule has 0 aromatic heterocycles. The number of rotatable bonds is 2. The number of hydrogen-bond acceptors (Lipinski definition) is 3. The molecule has 0 rings (SSSR count). The third kappa shape index (κ3) is 9.12. The normalized spacial score (nSPS) is 9.22. The minimum atomic E-state index is -3.40. The van der Waals surface area contributed by atoms with Crippen LogP contribution in [0.15, 0.2) is 0 Å². The van der Waals surface area contributed by atoms with Crippen molar-refractivity contribution in [3.05, 3.63) is 11.7 Å². The average molecular weight is 378 g/mol. The molecule has 9 heavy (non-hydrogen) atoms. The Kier molecular flexibility index (Phi) is 13.3. The first-order chi connectivity index (χ1) is 3.12. The van der Waals surface area contributed by atoms with Crippen molar-refractivity contribution in [3.63, 3.8) is 0 Å². The van der Waals surface area contributed by atoms with Crippen molar-refractivity contribution in [1.82, 2.24) is 0 Å². The van der Waals surface area contributed by atoms with Gasteiger partial charge in [0.1, 0.15) is 0 Å². The Morgan fingerprint density at radius 2 is 1.56 bits per heavy atom. The molecule has 0 amide bonds. The smallest absolute Gasteiger partial charge is 0.693 e. The van der Waals surface area contributed by atoms with Crippen molar-refractivity contribution in [3.8, 4) is 0 Å². The topological polar surface area (TPSA) is 92.8 Å². The minimum Gasteiger partial charge on any atom is -0.693 e. The first kappa shape index (κ1) is 16.6. The summed E-state index contributed by atoms with van der Waals surface area (Å²) >= 11 is 0. The average Bonchev–Trinajstić information content (AvgIpc) is 1.68.